The third-order valence-corrected chi connectivity index (χ3v) is 9.11. The lowest BCUT2D eigenvalue weighted by molar-refractivity contribution is 0.0816. The summed E-state index contributed by atoms with van der Waals surface area (Å²) in [6.45, 7) is 9.27. The molecule has 5 rings (SSSR count). The lowest BCUT2D eigenvalue weighted by Crippen LogP contribution is -2.29. The van der Waals surface area contributed by atoms with Crippen LogP contribution in [0.25, 0.3) is 22.0 Å². The Labute approximate surface area is 232 Å². The smallest absolute Gasteiger partial charge is 0.143 e. The molecule has 1 aliphatic heterocycles. The Bertz CT molecular complexity index is 1490. The van der Waals surface area contributed by atoms with Crippen molar-refractivity contribution in [3.63, 3.8) is 0 Å². The minimum atomic E-state index is -1.18. The molecule has 0 amide bonds. The molecule has 1 aliphatic rings. The van der Waals surface area contributed by atoms with Crippen LogP contribution in [0.1, 0.15) is 42.1 Å². The van der Waals surface area contributed by atoms with Crippen LogP contribution < -0.4 is 0 Å². The molecule has 1 atom stereocenters. The summed E-state index contributed by atoms with van der Waals surface area (Å²) in [5, 5.41) is 5.76. The van der Waals surface area contributed by atoms with Gasteiger partial charge in [0, 0.05) is 31.7 Å². The van der Waals surface area contributed by atoms with Crippen molar-refractivity contribution in [1.82, 2.24) is 14.7 Å². The number of aromatic nitrogens is 2. The van der Waals surface area contributed by atoms with E-state index >= 15 is 0 Å². The van der Waals surface area contributed by atoms with Crippen molar-refractivity contribution in [3.8, 4) is 23.0 Å². The average molecular weight is 539 g/mol. The molecule has 0 N–H and O–H groups in total. The highest BCUT2D eigenvalue weighted by atomic mass is 28.3. The van der Waals surface area contributed by atoms with E-state index in [-0.39, 0.29) is 5.82 Å². The number of likely N-dealkylation sites (tertiary alicyclic amines) is 1. The Morgan fingerprint density at radius 3 is 2.64 bits per heavy atom. The number of halogens is 1. The van der Waals surface area contributed by atoms with Gasteiger partial charge in [-0.15, -0.1) is 0 Å². The summed E-state index contributed by atoms with van der Waals surface area (Å²) in [7, 11) is 1.03. The predicted molar refractivity (Wildman–Crippen MR) is 160 cm³/mol. The Morgan fingerprint density at radius 1 is 1.05 bits per heavy atom. The van der Waals surface area contributed by atoms with Crippen molar-refractivity contribution >= 4 is 19.0 Å². The monoisotopic (exact) mass is 538 g/mol. The van der Waals surface area contributed by atoms with Crippen LogP contribution in [0.5, 0.6) is 0 Å². The van der Waals surface area contributed by atoms with Crippen LogP contribution in [0, 0.1) is 23.7 Å². The van der Waals surface area contributed by atoms with Crippen molar-refractivity contribution < 1.29 is 9.13 Å². The number of ether oxygens (including phenoxy) is 1. The van der Waals surface area contributed by atoms with E-state index in [2.05, 4.69) is 85.9 Å². The molecule has 1 aromatic heterocycles. The molecule has 0 saturated carbocycles. The van der Waals surface area contributed by atoms with Gasteiger partial charge in [-0.1, -0.05) is 56.2 Å². The molecule has 1 unspecified atom stereocenters. The number of benzene rings is 3. The van der Waals surface area contributed by atoms with E-state index < -0.39 is 8.07 Å². The molecular formula is C33H37FN3OSi. The second-order valence-corrected chi connectivity index (χ2v) is 17.3. The highest BCUT2D eigenvalue weighted by Crippen LogP contribution is 2.32. The maximum Gasteiger partial charge on any atom is 0.143 e. The van der Waals surface area contributed by atoms with Crippen LogP contribution in [0.4, 0.5) is 4.39 Å². The van der Waals surface area contributed by atoms with Crippen LogP contribution in [0.3, 0.4) is 0 Å². The highest BCUT2D eigenvalue weighted by molar-refractivity contribution is 6.76. The maximum absolute atomic E-state index is 13.7. The fraction of sp³-hybridized carbons (Fsp3) is 0.364. The molecule has 6 heteroatoms. The van der Waals surface area contributed by atoms with E-state index in [1.807, 2.05) is 4.68 Å². The first-order valence-corrected chi connectivity index (χ1v) is 17.6. The standard InChI is InChI=1S/C33H37FN3OSi/c1-36-19-6-5-10-32(36)27-14-12-26(13-15-27)28-16-18-33-30(23-28)31(17-11-25-8-7-9-29(34)22-25)35-37(33)24-38-20-21-39(2,3)4/h7-9,12-14,16,18,22-23,32H,5-6,10,19-21,24H2,1-4H3. The average Bonchev–Trinajstić information content (AvgIpc) is 3.27. The van der Waals surface area contributed by atoms with Crippen LogP contribution in [0.2, 0.25) is 25.7 Å². The van der Waals surface area contributed by atoms with Crippen molar-refractivity contribution in [3.05, 3.63) is 89.4 Å². The van der Waals surface area contributed by atoms with Crippen molar-refractivity contribution in [2.75, 3.05) is 20.2 Å². The summed E-state index contributed by atoms with van der Waals surface area (Å²) in [5.74, 6) is 5.98. The van der Waals surface area contributed by atoms with Gasteiger partial charge in [0.05, 0.1) is 5.52 Å². The van der Waals surface area contributed by atoms with E-state index in [1.54, 1.807) is 12.1 Å². The summed E-state index contributed by atoms with van der Waals surface area (Å²) >= 11 is 0. The van der Waals surface area contributed by atoms with Gasteiger partial charge in [-0.3, -0.25) is 4.90 Å². The fourth-order valence-corrected chi connectivity index (χ4v) is 5.82. The van der Waals surface area contributed by atoms with Crippen LogP contribution in [-0.2, 0) is 11.5 Å². The van der Waals surface area contributed by atoms with Gasteiger partial charge >= 0.3 is 0 Å². The lowest BCUT2D eigenvalue weighted by Gasteiger charge is -2.32. The fourth-order valence-electron chi connectivity index (χ4n) is 5.07. The number of rotatable bonds is 7. The largest absolute Gasteiger partial charge is 0.360 e. The van der Waals surface area contributed by atoms with Gasteiger partial charge < -0.3 is 4.74 Å². The number of nitrogens with zero attached hydrogens (tertiary/aromatic N) is 3. The third kappa shape index (κ3) is 6.86. The zero-order valence-electron chi connectivity index (χ0n) is 23.4. The van der Waals surface area contributed by atoms with E-state index in [1.165, 1.54) is 37.0 Å². The van der Waals surface area contributed by atoms with Crippen molar-refractivity contribution in [1.29, 1.82) is 0 Å². The predicted octanol–water partition coefficient (Wildman–Crippen LogP) is 7.51. The lowest BCUT2D eigenvalue weighted by atomic mass is 9.94. The van der Waals surface area contributed by atoms with Crippen molar-refractivity contribution in [2.24, 2.45) is 0 Å². The van der Waals surface area contributed by atoms with Gasteiger partial charge in [-0.05, 0) is 97.6 Å². The first kappa shape index (κ1) is 27.3. The van der Waals surface area contributed by atoms with E-state index in [4.69, 9.17) is 9.84 Å². The number of fused-ring (bicyclic) bond motifs is 1. The molecule has 3 aromatic carbocycles. The normalized spacial score (nSPS) is 16.3. The number of hydrogen-bond donors (Lipinski definition) is 0. The van der Waals surface area contributed by atoms with Gasteiger partial charge in [0.25, 0.3) is 0 Å². The van der Waals surface area contributed by atoms with Gasteiger partial charge in [0.2, 0.25) is 0 Å². The molecule has 1 radical (unpaired) electrons. The maximum atomic E-state index is 13.7. The zero-order chi connectivity index (χ0) is 27.4. The molecule has 1 fully saturated rings. The van der Waals surface area contributed by atoms with Gasteiger partial charge in [-0.2, -0.15) is 5.10 Å². The first-order chi connectivity index (χ1) is 18.8. The van der Waals surface area contributed by atoms with Crippen LogP contribution in [0.15, 0.2) is 60.7 Å². The first-order valence-electron chi connectivity index (χ1n) is 13.8. The highest BCUT2D eigenvalue weighted by Gasteiger charge is 2.21. The molecule has 1 saturated heterocycles. The van der Waals surface area contributed by atoms with Gasteiger partial charge in [0.1, 0.15) is 18.2 Å². The Kier molecular flexibility index (Phi) is 8.32. The summed E-state index contributed by atoms with van der Waals surface area (Å²) < 4.78 is 21.6. The number of hydrogen-bond acceptors (Lipinski definition) is 3. The molecule has 201 valence electrons. The molecule has 0 aliphatic carbocycles. The molecule has 0 bridgehead atoms. The van der Waals surface area contributed by atoms with E-state index in [0.717, 1.165) is 41.2 Å². The minimum Gasteiger partial charge on any atom is -0.360 e. The Morgan fingerprint density at radius 2 is 1.90 bits per heavy atom. The van der Waals surface area contributed by atoms with Crippen LogP contribution in [-0.4, -0.2) is 43.0 Å². The molecular weight excluding hydrogens is 501 g/mol. The van der Waals surface area contributed by atoms with Gasteiger partial charge in [0.15, 0.2) is 0 Å². The second kappa shape index (κ2) is 11.9. The summed E-state index contributed by atoms with van der Waals surface area (Å²) in [4.78, 5) is 2.44. The minimum absolute atomic E-state index is 0.297. The SMILES string of the molecule is CN1CCCCC1c1[c]cc(-c2ccc3c(c2)c(C#Cc2cccc(F)c2)nn3COCC[Si](C)(C)C)cc1. The molecule has 0 spiro atoms. The number of piperidine rings is 1. The van der Waals surface area contributed by atoms with E-state index in [0.29, 0.717) is 24.0 Å². The Hall–Kier alpha value is -3.24. The topological polar surface area (TPSA) is 30.3 Å². The van der Waals surface area contributed by atoms with Gasteiger partial charge in [-0.25, -0.2) is 9.07 Å². The van der Waals surface area contributed by atoms with E-state index in [9.17, 15) is 4.39 Å². The third-order valence-electron chi connectivity index (χ3n) is 7.41. The summed E-state index contributed by atoms with van der Waals surface area (Å²) in [6.07, 6.45) is 3.73. The summed E-state index contributed by atoms with van der Waals surface area (Å²) in [5.41, 5.74) is 5.72. The molecule has 39 heavy (non-hydrogen) atoms. The quantitative estimate of drug-likeness (QED) is 0.139. The summed E-state index contributed by atoms with van der Waals surface area (Å²) in [6, 6.07) is 24.3. The molecule has 4 nitrogen and oxygen atoms in total. The van der Waals surface area contributed by atoms with Crippen LogP contribution >= 0.6 is 0 Å². The van der Waals surface area contributed by atoms with Crippen molar-refractivity contribution in [2.45, 2.75) is 57.7 Å². The zero-order valence-corrected chi connectivity index (χ0v) is 24.4. The molecule has 2 heterocycles. The second-order valence-electron chi connectivity index (χ2n) is 11.7. The molecule has 4 aromatic rings. The Balaban J connectivity index is 1.45.